The van der Waals surface area contributed by atoms with Gasteiger partial charge in [-0.15, -0.1) is 0 Å². The number of carbonyl (C=O) groups is 1. The van der Waals surface area contributed by atoms with Crippen molar-refractivity contribution in [3.63, 3.8) is 0 Å². The molecule has 1 heterocycles. The van der Waals surface area contributed by atoms with Crippen LogP contribution in [0.4, 0.5) is 0 Å². The second kappa shape index (κ2) is 8.25. The van der Waals surface area contributed by atoms with Gasteiger partial charge < -0.3 is 9.64 Å². The summed E-state index contributed by atoms with van der Waals surface area (Å²) in [5.41, 5.74) is 0. The Morgan fingerprint density at radius 3 is 2.35 bits per heavy atom. The molecule has 116 valence electrons. The summed E-state index contributed by atoms with van der Waals surface area (Å²) in [6, 6.07) is 0. The van der Waals surface area contributed by atoms with Gasteiger partial charge in [-0.3, -0.25) is 4.79 Å². The molecule has 0 unspecified atom stereocenters. The maximum Gasteiger partial charge on any atom is 0.222 e. The first-order valence-corrected chi connectivity index (χ1v) is 9.00. The number of rotatable bonds is 5. The van der Waals surface area contributed by atoms with E-state index in [4.69, 9.17) is 4.74 Å². The first kappa shape index (κ1) is 16.1. The Balaban J connectivity index is 1.63. The normalized spacial score (nSPS) is 28.6. The van der Waals surface area contributed by atoms with Crippen LogP contribution in [0.2, 0.25) is 0 Å². The van der Waals surface area contributed by atoms with Crippen LogP contribution in [0.15, 0.2) is 0 Å². The quantitative estimate of drug-likeness (QED) is 0.730. The average molecular weight is 300 g/mol. The molecule has 5 heteroatoms. The molecule has 1 saturated carbocycles. The van der Waals surface area contributed by atoms with Crippen LogP contribution in [0.25, 0.3) is 0 Å². The standard InChI is InChI=1S/C15H28N2O2S/c1-19-14-6-3-13(4-7-14)5-8-15(18)16-9-11-17(20-2)12-10-16/h13-14H,3-12H2,1-2H3. The zero-order chi connectivity index (χ0) is 14.4. The van der Waals surface area contributed by atoms with Gasteiger partial charge in [0.25, 0.3) is 0 Å². The van der Waals surface area contributed by atoms with E-state index in [1.54, 1.807) is 11.9 Å². The van der Waals surface area contributed by atoms with Gasteiger partial charge in [-0.2, -0.15) is 0 Å². The first-order chi connectivity index (χ1) is 9.72. The summed E-state index contributed by atoms with van der Waals surface area (Å²) in [5.74, 6) is 1.09. The molecule has 0 aromatic rings. The van der Waals surface area contributed by atoms with Crippen LogP contribution >= 0.6 is 11.9 Å². The van der Waals surface area contributed by atoms with Crippen molar-refractivity contribution in [1.82, 2.24) is 9.21 Å². The zero-order valence-corrected chi connectivity index (χ0v) is 13.7. The molecule has 0 atom stereocenters. The minimum atomic E-state index is 0.361. The van der Waals surface area contributed by atoms with E-state index >= 15 is 0 Å². The van der Waals surface area contributed by atoms with Crippen LogP contribution in [0.5, 0.6) is 0 Å². The number of ether oxygens (including phenoxy) is 1. The Hall–Kier alpha value is -0.260. The van der Waals surface area contributed by atoms with Gasteiger partial charge in [0.1, 0.15) is 0 Å². The van der Waals surface area contributed by atoms with Gasteiger partial charge in [-0.1, -0.05) is 11.9 Å². The van der Waals surface area contributed by atoms with E-state index < -0.39 is 0 Å². The number of nitrogens with zero attached hydrogens (tertiary/aromatic N) is 2. The Morgan fingerprint density at radius 1 is 1.15 bits per heavy atom. The highest BCUT2D eigenvalue weighted by Crippen LogP contribution is 2.29. The molecule has 0 aromatic carbocycles. The second-order valence-electron chi connectivity index (χ2n) is 5.91. The molecular weight excluding hydrogens is 272 g/mol. The monoisotopic (exact) mass is 300 g/mol. The summed E-state index contributed by atoms with van der Waals surface area (Å²) in [7, 11) is 1.81. The highest BCUT2D eigenvalue weighted by atomic mass is 32.2. The molecule has 2 rings (SSSR count). The van der Waals surface area contributed by atoms with Gasteiger partial charge >= 0.3 is 0 Å². The van der Waals surface area contributed by atoms with Gasteiger partial charge in [0.15, 0.2) is 0 Å². The fraction of sp³-hybridized carbons (Fsp3) is 0.933. The van der Waals surface area contributed by atoms with Crippen LogP contribution in [-0.4, -0.2) is 60.8 Å². The summed E-state index contributed by atoms with van der Waals surface area (Å²) in [4.78, 5) is 14.3. The van der Waals surface area contributed by atoms with Crippen molar-refractivity contribution >= 4 is 17.9 Å². The van der Waals surface area contributed by atoms with Crippen molar-refractivity contribution in [2.75, 3.05) is 39.5 Å². The molecule has 0 aromatic heterocycles. The lowest BCUT2D eigenvalue weighted by Crippen LogP contribution is -2.46. The molecular formula is C15H28N2O2S. The lowest BCUT2D eigenvalue weighted by Gasteiger charge is -2.34. The highest BCUT2D eigenvalue weighted by molar-refractivity contribution is 7.96. The smallest absolute Gasteiger partial charge is 0.222 e. The molecule has 0 bridgehead atoms. The van der Waals surface area contributed by atoms with Crippen LogP contribution in [0.1, 0.15) is 38.5 Å². The molecule has 1 aliphatic heterocycles. The number of hydrogen-bond acceptors (Lipinski definition) is 4. The largest absolute Gasteiger partial charge is 0.381 e. The van der Waals surface area contributed by atoms with E-state index in [0.717, 1.165) is 44.9 Å². The lowest BCUT2D eigenvalue weighted by atomic mass is 9.84. The molecule has 1 saturated heterocycles. The van der Waals surface area contributed by atoms with Gasteiger partial charge in [0, 0.05) is 39.7 Å². The zero-order valence-electron chi connectivity index (χ0n) is 12.8. The molecule has 2 aliphatic rings. The predicted molar refractivity (Wildman–Crippen MR) is 83.7 cm³/mol. The van der Waals surface area contributed by atoms with Crippen LogP contribution in [0, 0.1) is 5.92 Å². The summed E-state index contributed by atoms with van der Waals surface area (Å²) in [6.07, 6.45) is 9.16. The Kier molecular flexibility index (Phi) is 6.65. The Bertz CT molecular complexity index is 298. The van der Waals surface area contributed by atoms with E-state index in [1.807, 2.05) is 12.0 Å². The summed E-state index contributed by atoms with van der Waals surface area (Å²) >= 11 is 1.78. The third-order valence-electron chi connectivity index (χ3n) is 4.74. The number of hydrogen-bond donors (Lipinski definition) is 0. The summed E-state index contributed by atoms with van der Waals surface area (Å²) < 4.78 is 7.73. The maximum absolute atomic E-state index is 12.2. The van der Waals surface area contributed by atoms with Crippen molar-refractivity contribution in [3.8, 4) is 0 Å². The fourth-order valence-electron chi connectivity index (χ4n) is 3.26. The minimum Gasteiger partial charge on any atom is -0.381 e. The van der Waals surface area contributed by atoms with E-state index in [-0.39, 0.29) is 0 Å². The predicted octanol–water partition coefficient (Wildman–Crippen LogP) is 2.39. The van der Waals surface area contributed by atoms with Crippen LogP contribution in [0.3, 0.4) is 0 Å². The molecule has 0 N–H and O–H groups in total. The minimum absolute atomic E-state index is 0.361. The van der Waals surface area contributed by atoms with Crippen LogP contribution < -0.4 is 0 Å². The lowest BCUT2D eigenvalue weighted by molar-refractivity contribution is -0.132. The second-order valence-corrected chi connectivity index (χ2v) is 6.79. The van der Waals surface area contributed by atoms with E-state index in [9.17, 15) is 4.79 Å². The number of piperazine rings is 1. The highest BCUT2D eigenvalue weighted by Gasteiger charge is 2.24. The topological polar surface area (TPSA) is 32.8 Å². The molecule has 0 radical (unpaired) electrons. The van der Waals surface area contributed by atoms with Gasteiger partial charge in [0.05, 0.1) is 6.10 Å². The molecule has 0 spiro atoms. The third kappa shape index (κ3) is 4.64. The maximum atomic E-state index is 12.2. The van der Waals surface area contributed by atoms with Crippen molar-refractivity contribution < 1.29 is 9.53 Å². The number of amides is 1. The summed E-state index contributed by atoms with van der Waals surface area (Å²) in [5, 5.41) is 0. The summed E-state index contributed by atoms with van der Waals surface area (Å²) in [6.45, 7) is 3.81. The van der Waals surface area contributed by atoms with E-state index in [2.05, 4.69) is 10.6 Å². The molecule has 20 heavy (non-hydrogen) atoms. The van der Waals surface area contributed by atoms with Crippen molar-refractivity contribution in [3.05, 3.63) is 0 Å². The van der Waals surface area contributed by atoms with Crippen molar-refractivity contribution in [1.29, 1.82) is 0 Å². The average Bonchev–Trinajstić information content (AvgIpc) is 2.53. The van der Waals surface area contributed by atoms with E-state index in [1.165, 1.54) is 25.7 Å². The fourth-order valence-corrected chi connectivity index (χ4v) is 3.79. The third-order valence-corrected chi connectivity index (χ3v) is 5.62. The molecule has 4 nitrogen and oxygen atoms in total. The Labute approximate surface area is 127 Å². The molecule has 1 aliphatic carbocycles. The molecule has 1 amide bonds. The van der Waals surface area contributed by atoms with Gasteiger partial charge in [-0.25, -0.2) is 4.31 Å². The Morgan fingerprint density at radius 2 is 1.80 bits per heavy atom. The number of carbonyl (C=O) groups excluding carboxylic acids is 1. The van der Waals surface area contributed by atoms with Crippen molar-refractivity contribution in [2.24, 2.45) is 5.92 Å². The van der Waals surface area contributed by atoms with Crippen LogP contribution in [-0.2, 0) is 9.53 Å². The van der Waals surface area contributed by atoms with Crippen molar-refractivity contribution in [2.45, 2.75) is 44.6 Å². The number of methoxy groups -OCH3 is 1. The SMILES string of the molecule is COC1CCC(CCC(=O)N2CCN(SC)CC2)CC1. The van der Waals surface area contributed by atoms with Gasteiger partial charge in [-0.05, 0) is 44.3 Å². The first-order valence-electron chi connectivity index (χ1n) is 7.82. The molecule has 2 fully saturated rings. The van der Waals surface area contributed by atoms with E-state index in [0.29, 0.717) is 12.0 Å². The van der Waals surface area contributed by atoms with Gasteiger partial charge in [0.2, 0.25) is 5.91 Å².